The number of fused-ring (bicyclic) bond motifs is 1. The predicted molar refractivity (Wildman–Crippen MR) is 123 cm³/mol. The largest absolute Gasteiger partial charge is 0.351 e. The van der Waals surface area contributed by atoms with E-state index in [-0.39, 0.29) is 11.9 Å². The number of benzene rings is 2. The minimum Gasteiger partial charge on any atom is -0.351 e. The second-order valence-electron chi connectivity index (χ2n) is 6.78. The fourth-order valence-corrected chi connectivity index (χ4v) is 4.14. The Morgan fingerprint density at radius 2 is 2.06 bits per heavy atom. The van der Waals surface area contributed by atoms with Crippen molar-refractivity contribution >= 4 is 55.9 Å². The van der Waals surface area contributed by atoms with Gasteiger partial charge >= 0.3 is 6.03 Å². The lowest BCUT2D eigenvalue weighted by Gasteiger charge is -2.10. The molecule has 0 aliphatic rings. The molecular weight excluding hydrogens is 436 g/mol. The molecule has 0 saturated carbocycles. The third-order valence-electron chi connectivity index (χ3n) is 4.55. The van der Waals surface area contributed by atoms with E-state index in [0.29, 0.717) is 39.9 Å². The minimum atomic E-state index is -0.346. The average molecular weight is 455 g/mol. The standard InChI is InChI=1S/C21H19ClN6O2S/c1-12-3-2-4-15(22)18(12)27-19(29)13-5-6-16-17(9-13)31-21(26-16)28-20(30)24-8-7-14-10-23-11-25-14/h2-6,9-11H,7-8H2,1H3,(H,23,25)(H,27,29)(H2,24,26,28,30). The summed E-state index contributed by atoms with van der Waals surface area (Å²) in [6.45, 7) is 2.33. The van der Waals surface area contributed by atoms with Crippen LogP contribution in [0.25, 0.3) is 10.2 Å². The average Bonchev–Trinajstić information content (AvgIpc) is 3.39. The highest BCUT2D eigenvalue weighted by Gasteiger charge is 2.13. The first-order valence-corrected chi connectivity index (χ1v) is 10.7. The third kappa shape index (κ3) is 5.01. The first kappa shape index (κ1) is 20.8. The predicted octanol–water partition coefficient (Wildman–Crippen LogP) is 4.60. The second kappa shape index (κ2) is 9.15. The molecule has 10 heteroatoms. The normalized spacial score (nSPS) is 10.8. The molecule has 2 heterocycles. The molecule has 31 heavy (non-hydrogen) atoms. The Morgan fingerprint density at radius 1 is 1.19 bits per heavy atom. The number of aromatic nitrogens is 3. The number of carbonyl (C=O) groups excluding carboxylic acids is 2. The smallest absolute Gasteiger partial charge is 0.321 e. The number of imidazole rings is 1. The molecule has 0 unspecified atom stereocenters. The number of nitrogens with zero attached hydrogens (tertiary/aromatic N) is 2. The van der Waals surface area contributed by atoms with Crippen LogP contribution in [0.2, 0.25) is 5.02 Å². The number of aromatic amines is 1. The minimum absolute atomic E-state index is 0.267. The number of H-pyrrole nitrogens is 1. The summed E-state index contributed by atoms with van der Waals surface area (Å²) in [5.41, 5.74) is 3.52. The van der Waals surface area contributed by atoms with Gasteiger partial charge in [-0.25, -0.2) is 14.8 Å². The molecule has 3 amide bonds. The van der Waals surface area contributed by atoms with E-state index < -0.39 is 0 Å². The molecule has 0 fully saturated rings. The first-order valence-electron chi connectivity index (χ1n) is 9.49. The molecule has 0 bridgehead atoms. The number of rotatable bonds is 6. The van der Waals surface area contributed by atoms with E-state index in [1.807, 2.05) is 19.1 Å². The molecule has 0 atom stereocenters. The summed E-state index contributed by atoms with van der Waals surface area (Å²) in [6.07, 6.45) is 4.01. The van der Waals surface area contributed by atoms with Crippen molar-refractivity contribution in [1.29, 1.82) is 0 Å². The zero-order chi connectivity index (χ0) is 21.8. The molecule has 0 spiro atoms. The number of hydrogen-bond donors (Lipinski definition) is 4. The molecule has 0 saturated heterocycles. The second-order valence-corrected chi connectivity index (χ2v) is 8.22. The van der Waals surface area contributed by atoms with E-state index in [4.69, 9.17) is 11.6 Å². The first-order chi connectivity index (χ1) is 15.0. The molecule has 8 nitrogen and oxygen atoms in total. The molecule has 158 valence electrons. The Balaban J connectivity index is 1.40. The lowest BCUT2D eigenvalue weighted by Crippen LogP contribution is -2.30. The summed E-state index contributed by atoms with van der Waals surface area (Å²) in [5, 5.41) is 9.29. The van der Waals surface area contributed by atoms with E-state index in [0.717, 1.165) is 16.0 Å². The molecule has 4 rings (SSSR count). The van der Waals surface area contributed by atoms with E-state index in [2.05, 4.69) is 30.9 Å². The number of anilines is 2. The lowest BCUT2D eigenvalue weighted by molar-refractivity contribution is 0.102. The van der Waals surface area contributed by atoms with Crippen LogP contribution >= 0.6 is 22.9 Å². The number of urea groups is 1. The number of nitrogens with one attached hydrogen (secondary N) is 4. The van der Waals surface area contributed by atoms with Crippen LogP contribution in [-0.2, 0) is 6.42 Å². The zero-order valence-electron chi connectivity index (χ0n) is 16.5. The van der Waals surface area contributed by atoms with E-state index in [1.54, 1.807) is 36.8 Å². The van der Waals surface area contributed by atoms with E-state index >= 15 is 0 Å². The number of halogens is 1. The van der Waals surface area contributed by atoms with Gasteiger partial charge in [-0.1, -0.05) is 35.1 Å². The molecule has 0 radical (unpaired) electrons. The molecule has 0 aliphatic carbocycles. The van der Waals surface area contributed by atoms with Crippen LogP contribution in [0.5, 0.6) is 0 Å². The fourth-order valence-electron chi connectivity index (χ4n) is 2.97. The van der Waals surface area contributed by atoms with Crippen LogP contribution in [0.1, 0.15) is 21.6 Å². The zero-order valence-corrected chi connectivity index (χ0v) is 18.1. The number of amides is 3. The van der Waals surface area contributed by atoms with Gasteiger partial charge in [0, 0.05) is 24.7 Å². The van der Waals surface area contributed by atoms with Gasteiger partial charge in [-0.05, 0) is 36.8 Å². The molecule has 4 N–H and O–H groups in total. The number of aryl methyl sites for hydroxylation is 1. The summed E-state index contributed by atoms with van der Waals surface area (Å²) < 4.78 is 0.787. The maximum absolute atomic E-state index is 12.7. The maximum Gasteiger partial charge on any atom is 0.321 e. The SMILES string of the molecule is Cc1cccc(Cl)c1NC(=O)c1ccc2nc(NC(=O)NCCc3c[nH]cn3)sc2c1. The Bertz CT molecular complexity index is 1220. The van der Waals surface area contributed by atoms with Gasteiger partial charge in [0.05, 0.1) is 32.9 Å². The van der Waals surface area contributed by atoms with Crippen LogP contribution in [-0.4, -0.2) is 33.4 Å². The van der Waals surface area contributed by atoms with Gasteiger partial charge in [-0.15, -0.1) is 0 Å². The lowest BCUT2D eigenvalue weighted by atomic mass is 10.1. The van der Waals surface area contributed by atoms with Gasteiger partial charge in [0.15, 0.2) is 5.13 Å². The van der Waals surface area contributed by atoms with Gasteiger partial charge in [0.2, 0.25) is 0 Å². The van der Waals surface area contributed by atoms with Crippen molar-refractivity contribution in [1.82, 2.24) is 20.3 Å². The highest BCUT2D eigenvalue weighted by Crippen LogP contribution is 2.29. The topological polar surface area (TPSA) is 112 Å². The quantitative estimate of drug-likeness (QED) is 0.341. The summed E-state index contributed by atoms with van der Waals surface area (Å²) in [6, 6.07) is 10.3. The summed E-state index contributed by atoms with van der Waals surface area (Å²) in [5.74, 6) is -0.267. The highest BCUT2D eigenvalue weighted by atomic mass is 35.5. The van der Waals surface area contributed by atoms with Gasteiger partial charge in [-0.2, -0.15) is 0 Å². The number of para-hydroxylation sites is 1. The summed E-state index contributed by atoms with van der Waals surface area (Å²) >= 11 is 7.49. The van der Waals surface area contributed by atoms with Crippen molar-refractivity contribution in [2.45, 2.75) is 13.3 Å². The van der Waals surface area contributed by atoms with Crippen molar-refractivity contribution < 1.29 is 9.59 Å². The summed E-state index contributed by atoms with van der Waals surface area (Å²) in [4.78, 5) is 36.2. The molecule has 2 aromatic heterocycles. The van der Waals surface area contributed by atoms with Gasteiger partial charge in [-0.3, -0.25) is 10.1 Å². The Morgan fingerprint density at radius 3 is 2.84 bits per heavy atom. The van der Waals surface area contributed by atoms with Crippen molar-refractivity contribution in [3.63, 3.8) is 0 Å². The van der Waals surface area contributed by atoms with Crippen molar-refractivity contribution in [3.05, 3.63) is 70.8 Å². The van der Waals surface area contributed by atoms with Crippen LogP contribution in [0.15, 0.2) is 48.9 Å². The van der Waals surface area contributed by atoms with Crippen LogP contribution in [0.3, 0.4) is 0 Å². The van der Waals surface area contributed by atoms with Crippen molar-refractivity contribution in [2.24, 2.45) is 0 Å². The Labute approximate surface area is 187 Å². The molecule has 0 aliphatic heterocycles. The number of carbonyl (C=O) groups is 2. The molecule has 2 aromatic carbocycles. The van der Waals surface area contributed by atoms with Crippen LogP contribution < -0.4 is 16.0 Å². The van der Waals surface area contributed by atoms with Gasteiger partial charge in [0.25, 0.3) is 5.91 Å². The van der Waals surface area contributed by atoms with Crippen LogP contribution in [0.4, 0.5) is 15.6 Å². The Kier molecular flexibility index (Phi) is 6.15. The third-order valence-corrected chi connectivity index (χ3v) is 5.80. The van der Waals surface area contributed by atoms with Crippen molar-refractivity contribution in [2.75, 3.05) is 17.2 Å². The van der Waals surface area contributed by atoms with Crippen molar-refractivity contribution in [3.8, 4) is 0 Å². The van der Waals surface area contributed by atoms with Crippen LogP contribution in [0, 0.1) is 6.92 Å². The number of hydrogen-bond acceptors (Lipinski definition) is 5. The summed E-state index contributed by atoms with van der Waals surface area (Å²) in [7, 11) is 0. The molecule has 4 aromatic rings. The van der Waals surface area contributed by atoms with E-state index in [9.17, 15) is 9.59 Å². The van der Waals surface area contributed by atoms with Gasteiger partial charge in [0.1, 0.15) is 0 Å². The molecular formula is C21H19ClN6O2S. The monoisotopic (exact) mass is 454 g/mol. The fraction of sp³-hybridized carbons (Fsp3) is 0.143. The number of thiazole rings is 1. The van der Waals surface area contributed by atoms with E-state index in [1.165, 1.54) is 11.3 Å². The maximum atomic E-state index is 12.7. The van der Waals surface area contributed by atoms with Gasteiger partial charge < -0.3 is 15.6 Å². The Hall–Kier alpha value is -3.43. The highest BCUT2D eigenvalue weighted by molar-refractivity contribution is 7.22.